The average molecular weight is 212 g/mol. The first kappa shape index (κ1) is 9.87. The van der Waals surface area contributed by atoms with Crippen LogP contribution in [0.5, 0.6) is 0 Å². The molecule has 3 nitrogen and oxygen atoms in total. The van der Waals surface area contributed by atoms with Gasteiger partial charge in [-0.2, -0.15) is 0 Å². The summed E-state index contributed by atoms with van der Waals surface area (Å²) in [4.78, 5) is 10.7. The maximum atomic E-state index is 6.01. The molecular weight excluding hydrogens is 198 g/mol. The van der Waals surface area contributed by atoms with E-state index in [0.717, 1.165) is 12.2 Å². The largest absolute Gasteiger partial charge is 0.306 e. The van der Waals surface area contributed by atoms with Crippen molar-refractivity contribution < 1.29 is 0 Å². The third-order valence-electron chi connectivity index (χ3n) is 2.69. The van der Waals surface area contributed by atoms with Crippen molar-refractivity contribution in [2.24, 2.45) is 0 Å². The highest BCUT2D eigenvalue weighted by molar-refractivity contribution is 6.30. The molecule has 2 rings (SSSR count). The molecule has 1 aliphatic rings. The van der Waals surface area contributed by atoms with Crippen molar-refractivity contribution in [1.82, 2.24) is 14.9 Å². The predicted molar refractivity (Wildman–Crippen MR) is 56.5 cm³/mol. The summed E-state index contributed by atoms with van der Waals surface area (Å²) in [6.45, 7) is 2.22. The van der Waals surface area contributed by atoms with Crippen molar-refractivity contribution in [2.75, 3.05) is 20.1 Å². The predicted octanol–water partition coefficient (Wildman–Crippen LogP) is 1.94. The fraction of sp³-hybridized carbons (Fsp3) is 0.600. The van der Waals surface area contributed by atoms with E-state index in [1.807, 2.05) is 0 Å². The van der Waals surface area contributed by atoms with E-state index in [9.17, 15) is 0 Å². The number of aromatic nitrogens is 2. The zero-order chi connectivity index (χ0) is 9.97. The van der Waals surface area contributed by atoms with Crippen LogP contribution in [0.3, 0.4) is 0 Å². The molecule has 0 radical (unpaired) electrons. The van der Waals surface area contributed by atoms with E-state index in [1.165, 1.54) is 19.4 Å². The molecule has 0 amide bonds. The maximum absolute atomic E-state index is 6.01. The van der Waals surface area contributed by atoms with Gasteiger partial charge in [0.25, 0.3) is 0 Å². The fourth-order valence-corrected chi connectivity index (χ4v) is 2.25. The van der Waals surface area contributed by atoms with Gasteiger partial charge < -0.3 is 4.90 Å². The average Bonchev–Trinajstić information content (AvgIpc) is 2.18. The van der Waals surface area contributed by atoms with E-state index in [2.05, 4.69) is 21.9 Å². The second-order valence-corrected chi connectivity index (χ2v) is 4.19. The molecule has 1 saturated heterocycles. The fourth-order valence-electron chi connectivity index (χ4n) is 2.00. The third kappa shape index (κ3) is 2.04. The highest BCUT2D eigenvalue weighted by Gasteiger charge is 2.22. The molecule has 2 heterocycles. The Hall–Kier alpha value is -0.670. The highest BCUT2D eigenvalue weighted by Crippen LogP contribution is 2.27. The number of nitrogens with zero attached hydrogens (tertiary/aromatic N) is 3. The van der Waals surface area contributed by atoms with Gasteiger partial charge in [0.15, 0.2) is 5.15 Å². The Morgan fingerprint density at radius 1 is 1.43 bits per heavy atom. The van der Waals surface area contributed by atoms with E-state index >= 15 is 0 Å². The molecule has 1 aromatic heterocycles. The molecule has 0 bridgehead atoms. The van der Waals surface area contributed by atoms with Crippen LogP contribution in [0.25, 0.3) is 0 Å². The lowest BCUT2D eigenvalue weighted by atomic mass is 9.95. The molecule has 1 fully saturated rings. The van der Waals surface area contributed by atoms with Gasteiger partial charge in [0.05, 0.1) is 5.69 Å². The van der Waals surface area contributed by atoms with Crippen LogP contribution in [0.15, 0.2) is 12.4 Å². The smallest absolute Gasteiger partial charge is 0.150 e. The van der Waals surface area contributed by atoms with Gasteiger partial charge in [0.1, 0.15) is 0 Å². The molecule has 1 aliphatic heterocycles. The van der Waals surface area contributed by atoms with Crippen molar-refractivity contribution in [1.29, 1.82) is 0 Å². The van der Waals surface area contributed by atoms with Crippen LogP contribution in [0.4, 0.5) is 0 Å². The molecule has 0 aromatic carbocycles. The van der Waals surface area contributed by atoms with E-state index in [4.69, 9.17) is 11.6 Å². The Morgan fingerprint density at radius 2 is 2.21 bits per heavy atom. The van der Waals surface area contributed by atoms with Crippen LogP contribution >= 0.6 is 11.6 Å². The van der Waals surface area contributed by atoms with Crippen molar-refractivity contribution in [3.63, 3.8) is 0 Å². The number of piperidine rings is 1. The number of likely N-dealkylation sites (tertiary alicyclic amines) is 1. The van der Waals surface area contributed by atoms with Gasteiger partial charge >= 0.3 is 0 Å². The summed E-state index contributed by atoms with van der Waals surface area (Å²) in [6.07, 6.45) is 5.74. The summed E-state index contributed by atoms with van der Waals surface area (Å²) < 4.78 is 0. The van der Waals surface area contributed by atoms with Crippen molar-refractivity contribution >= 4 is 11.6 Å². The number of rotatable bonds is 1. The van der Waals surface area contributed by atoms with Crippen LogP contribution < -0.4 is 0 Å². The maximum Gasteiger partial charge on any atom is 0.150 e. The first-order chi connectivity index (χ1) is 6.77. The van der Waals surface area contributed by atoms with Crippen molar-refractivity contribution in [2.45, 2.75) is 18.8 Å². The SMILES string of the molecule is CN1CCC[C@@H](c2nccnc2Cl)C1. The van der Waals surface area contributed by atoms with Gasteiger partial charge in [-0.3, -0.25) is 4.98 Å². The summed E-state index contributed by atoms with van der Waals surface area (Å²) in [5.74, 6) is 0.454. The number of hydrogen-bond acceptors (Lipinski definition) is 3. The Morgan fingerprint density at radius 3 is 2.93 bits per heavy atom. The molecule has 0 N–H and O–H groups in total. The Kier molecular flexibility index (Phi) is 2.99. The quantitative estimate of drug-likeness (QED) is 0.711. The van der Waals surface area contributed by atoms with Crippen LogP contribution in [0.1, 0.15) is 24.5 Å². The molecule has 0 spiro atoms. The van der Waals surface area contributed by atoms with E-state index in [0.29, 0.717) is 11.1 Å². The van der Waals surface area contributed by atoms with Crippen molar-refractivity contribution in [3.05, 3.63) is 23.2 Å². The number of likely N-dealkylation sites (N-methyl/N-ethyl adjacent to an activating group) is 1. The van der Waals surface area contributed by atoms with Crippen LogP contribution in [0.2, 0.25) is 5.15 Å². The van der Waals surface area contributed by atoms with Crippen LogP contribution in [-0.4, -0.2) is 35.0 Å². The normalized spacial score (nSPS) is 23.7. The molecular formula is C10H14ClN3. The highest BCUT2D eigenvalue weighted by atomic mass is 35.5. The van der Waals surface area contributed by atoms with Gasteiger partial charge in [-0.1, -0.05) is 11.6 Å². The topological polar surface area (TPSA) is 29.0 Å². The first-order valence-electron chi connectivity index (χ1n) is 4.92. The minimum Gasteiger partial charge on any atom is -0.306 e. The number of halogens is 1. The molecule has 14 heavy (non-hydrogen) atoms. The molecule has 1 atom stereocenters. The Bertz CT molecular complexity index is 316. The lowest BCUT2D eigenvalue weighted by Crippen LogP contribution is -2.31. The van der Waals surface area contributed by atoms with Crippen LogP contribution in [0, 0.1) is 0 Å². The second kappa shape index (κ2) is 4.24. The van der Waals surface area contributed by atoms with Crippen LogP contribution in [-0.2, 0) is 0 Å². The summed E-state index contributed by atoms with van der Waals surface area (Å²) in [7, 11) is 2.14. The van der Waals surface area contributed by atoms with Crippen molar-refractivity contribution in [3.8, 4) is 0 Å². The first-order valence-corrected chi connectivity index (χ1v) is 5.30. The monoisotopic (exact) mass is 211 g/mol. The van der Waals surface area contributed by atoms with Gasteiger partial charge in [-0.05, 0) is 26.4 Å². The Balaban J connectivity index is 2.18. The molecule has 0 saturated carbocycles. The van der Waals surface area contributed by atoms with Gasteiger partial charge in [0.2, 0.25) is 0 Å². The second-order valence-electron chi connectivity index (χ2n) is 3.83. The zero-order valence-corrected chi connectivity index (χ0v) is 9.04. The third-order valence-corrected chi connectivity index (χ3v) is 2.98. The molecule has 76 valence electrons. The lowest BCUT2D eigenvalue weighted by Gasteiger charge is -2.29. The molecule has 0 unspecified atom stereocenters. The van der Waals surface area contributed by atoms with Gasteiger partial charge in [-0.25, -0.2) is 4.98 Å². The molecule has 4 heteroatoms. The lowest BCUT2D eigenvalue weighted by molar-refractivity contribution is 0.248. The van der Waals surface area contributed by atoms with Gasteiger partial charge in [-0.15, -0.1) is 0 Å². The summed E-state index contributed by atoms with van der Waals surface area (Å²) in [5.41, 5.74) is 0.959. The molecule has 0 aliphatic carbocycles. The standard InChI is InChI=1S/C10H14ClN3/c1-14-6-2-3-8(7-14)9-10(11)13-5-4-12-9/h4-5,8H,2-3,6-7H2,1H3/t8-/m1/s1. The van der Waals surface area contributed by atoms with E-state index in [-0.39, 0.29) is 0 Å². The van der Waals surface area contributed by atoms with Gasteiger partial charge in [0, 0.05) is 24.9 Å². The summed E-state index contributed by atoms with van der Waals surface area (Å²) >= 11 is 6.01. The summed E-state index contributed by atoms with van der Waals surface area (Å²) in [5, 5.41) is 0.563. The summed E-state index contributed by atoms with van der Waals surface area (Å²) in [6, 6.07) is 0. The zero-order valence-electron chi connectivity index (χ0n) is 8.28. The minimum atomic E-state index is 0.454. The Labute approximate surface area is 89.1 Å². The molecule has 1 aromatic rings. The van der Waals surface area contributed by atoms with E-state index < -0.39 is 0 Å². The van der Waals surface area contributed by atoms with E-state index in [1.54, 1.807) is 12.4 Å². The number of hydrogen-bond donors (Lipinski definition) is 0. The minimum absolute atomic E-state index is 0.454.